The molecular weight excluding hydrogens is 328 g/mol. The molecule has 0 bridgehead atoms. The fourth-order valence-electron chi connectivity index (χ4n) is 3.10. The molecule has 2 N–H and O–H groups in total. The highest BCUT2D eigenvalue weighted by molar-refractivity contribution is 9.10. The van der Waals surface area contributed by atoms with E-state index in [1.165, 1.54) is 0 Å². The van der Waals surface area contributed by atoms with E-state index in [0.29, 0.717) is 12.1 Å². The highest BCUT2D eigenvalue weighted by Crippen LogP contribution is 2.26. The summed E-state index contributed by atoms with van der Waals surface area (Å²) < 4.78 is 0.996. The highest BCUT2D eigenvalue weighted by atomic mass is 79.9. The Labute approximate surface area is 136 Å². The average Bonchev–Trinajstić information content (AvgIpc) is 2.48. The molecule has 1 aromatic rings. The van der Waals surface area contributed by atoms with E-state index in [9.17, 15) is 4.79 Å². The van der Waals surface area contributed by atoms with E-state index in [4.69, 9.17) is 5.73 Å². The predicted octanol–water partition coefficient (Wildman–Crippen LogP) is 3.88. The lowest BCUT2D eigenvalue weighted by Crippen LogP contribution is -2.44. The number of nitrogens with zero attached hydrogens (tertiary/aromatic N) is 1. The zero-order valence-electron chi connectivity index (χ0n) is 12.9. The summed E-state index contributed by atoms with van der Waals surface area (Å²) in [5, 5.41) is 0. The SMILES string of the molecule is CCCN(C(=O)c1cccc(Br)c1C)C1CCC(N)CC1. The zero-order valence-corrected chi connectivity index (χ0v) is 14.5. The molecule has 1 aliphatic carbocycles. The molecular formula is C17H25BrN2O. The Morgan fingerprint density at radius 2 is 2.00 bits per heavy atom. The van der Waals surface area contributed by atoms with Crippen LogP contribution in [0.2, 0.25) is 0 Å². The van der Waals surface area contributed by atoms with Crippen molar-refractivity contribution in [3.63, 3.8) is 0 Å². The average molecular weight is 353 g/mol. The molecule has 0 spiro atoms. The predicted molar refractivity (Wildman–Crippen MR) is 90.4 cm³/mol. The smallest absolute Gasteiger partial charge is 0.254 e. The van der Waals surface area contributed by atoms with Gasteiger partial charge in [-0.3, -0.25) is 4.79 Å². The number of halogens is 1. The van der Waals surface area contributed by atoms with E-state index in [-0.39, 0.29) is 5.91 Å². The summed E-state index contributed by atoms with van der Waals surface area (Å²) in [5.41, 5.74) is 7.83. The second-order valence-corrected chi connectivity index (χ2v) is 6.83. The van der Waals surface area contributed by atoms with Gasteiger partial charge in [0.05, 0.1) is 0 Å². The zero-order chi connectivity index (χ0) is 15.4. The summed E-state index contributed by atoms with van der Waals surface area (Å²) in [5.74, 6) is 0.163. The van der Waals surface area contributed by atoms with Crippen LogP contribution in [0.4, 0.5) is 0 Å². The van der Waals surface area contributed by atoms with Crippen molar-refractivity contribution in [1.82, 2.24) is 4.90 Å². The molecule has 1 fully saturated rings. The van der Waals surface area contributed by atoms with E-state index in [0.717, 1.165) is 54.2 Å². The van der Waals surface area contributed by atoms with Gasteiger partial charge in [-0.2, -0.15) is 0 Å². The molecule has 0 aromatic heterocycles. The summed E-state index contributed by atoms with van der Waals surface area (Å²) in [6.07, 6.45) is 5.09. The lowest BCUT2D eigenvalue weighted by molar-refractivity contribution is 0.0626. The molecule has 0 radical (unpaired) electrons. The van der Waals surface area contributed by atoms with Gasteiger partial charge in [0.15, 0.2) is 0 Å². The molecule has 2 rings (SSSR count). The normalized spacial score (nSPS) is 22.1. The van der Waals surface area contributed by atoms with Crippen LogP contribution in [0.25, 0.3) is 0 Å². The van der Waals surface area contributed by atoms with Crippen LogP contribution in [0.5, 0.6) is 0 Å². The maximum atomic E-state index is 13.0. The van der Waals surface area contributed by atoms with Gasteiger partial charge in [-0.1, -0.05) is 28.9 Å². The van der Waals surface area contributed by atoms with Crippen molar-refractivity contribution >= 4 is 21.8 Å². The molecule has 4 heteroatoms. The van der Waals surface area contributed by atoms with Crippen LogP contribution in [0.1, 0.15) is 54.9 Å². The van der Waals surface area contributed by atoms with Crippen LogP contribution in [-0.4, -0.2) is 29.4 Å². The van der Waals surface area contributed by atoms with Crippen molar-refractivity contribution in [3.05, 3.63) is 33.8 Å². The van der Waals surface area contributed by atoms with E-state index in [1.807, 2.05) is 25.1 Å². The maximum Gasteiger partial charge on any atom is 0.254 e. The first-order valence-corrected chi connectivity index (χ1v) is 8.65. The molecule has 21 heavy (non-hydrogen) atoms. The first-order valence-electron chi connectivity index (χ1n) is 7.86. The van der Waals surface area contributed by atoms with Crippen LogP contribution < -0.4 is 5.73 Å². The van der Waals surface area contributed by atoms with Crippen molar-refractivity contribution in [2.75, 3.05) is 6.54 Å². The number of amides is 1. The van der Waals surface area contributed by atoms with E-state index < -0.39 is 0 Å². The van der Waals surface area contributed by atoms with Gasteiger partial charge in [0, 0.05) is 28.7 Å². The Morgan fingerprint density at radius 3 is 2.62 bits per heavy atom. The van der Waals surface area contributed by atoms with Gasteiger partial charge in [0.25, 0.3) is 5.91 Å². The molecule has 0 heterocycles. The van der Waals surface area contributed by atoms with Crippen LogP contribution in [0.3, 0.4) is 0 Å². The molecule has 0 saturated heterocycles. The summed E-state index contributed by atoms with van der Waals surface area (Å²) >= 11 is 3.52. The van der Waals surface area contributed by atoms with Gasteiger partial charge in [0.2, 0.25) is 0 Å². The molecule has 0 atom stereocenters. The third-order valence-electron chi connectivity index (χ3n) is 4.41. The molecule has 116 valence electrons. The molecule has 3 nitrogen and oxygen atoms in total. The van der Waals surface area contributed by atoms with Crippen LogP contribution in [0.15, 0.2) is 22.7 Å². The Balaban J connectivity index is 2.21. The van der Waals surface area contributed by atoms with E-state index in [2.05, 4.69) is 27.8 Å². The van der Waals surface area contributed by atoms with E-state index in [1.54, 1.807) is 0 Å². The third-order valence-corrected chi connectivity index (χ3v) is 5.26. The lowest BCUT2D eigenvalue weighted by Gasteiger charge is -2.36. The van der Waals surface area contributed by atoms with Gasteiger partial charge in [-0.05, 0) is 56.7 Å². The van der Waals surface area contributed by atoms with Gasteiger partial charge >= 0.3 is 0 Å². The minimum absolute atomic E-state index is 0.163. The third kappa shape index (κ3) is 3.86. The van der Waals surface area contributed by atoms with Crippen LogP contribution >= 0.6 is 15.9 Å². The molecule has 1 aromatic carbocycles. The van der Waals surface area contributed by atoms with Gasteiger partial charge in [-0.15, -0.1) is 0 Å². The summed E-state index contributed by atoms with van der Waals surface area (Å²) in [6.45, 7) is 4.95. The number of nitrogens with two attached hydrogens (primary N) is 1. The monoisotopic (exact) mass is 352 g/mol. The Bertz CT molecular complexity index is 496. The van der Waals surface area contributed by atoms with Crippen molar-refractivity contribution in [2.45, 2.75) is 58.0 Å². The molecule has 1 saturated carbocycles. The highest BCUT2D eigenvalue weighted by Gasteiger charge is 2.28. The molecule has 1 amide bonds. The number of hydrogen-bond donors (Lipinski definition) is 1. The van der Waals surface area contributed by atoms with Gasteiger partial charge in [-0.25, -0.2) is 0 Å². The minimum atomic E-state index is 0.163. The topological polar surface area (TPSA) is 46.3 Å². The second-order valence-electron chi connectivity index (χ2n) is 5.98. The number of rotatable bonds is 4. The van der Waals surface area contributed by atoms with Crippen molar-refractivity contribution in [1.29, 1.82) is 0 Å². The number of carbonyl (C=O) groups is 1. The van der Waals surface area contributed by atoms with Gasteiger partial charge in [0.1, 0.15) is 0 Å². The maximum absolute atomic E-state index is 13.0. The second kappa shape index (κ2) is 7.41. The van der Waals surface area contributed by atoms with Crippen molar-refractivity contribution in [3.8, 4) is 0 Å². The number of carbonyl (C=O) groups excluding carboxylic acids is 1. The van der Waals surface area contributed by atoms with Crippen LogP contribution in [0, 0.1) is 6.92 Å². The number of hydrogen-bond acceptors (Lipinski definition) is 2. The summed E-state index contributed by atoms with van der Waals surface area (Å²) in [4.78, 5) is 15.0. The largest absolute Gasteiger partial charge is 0.336 e. The van der Waals surface area contributed by atoms with Gasteiger partial charge < -0.3 is 10.6 Å². The first kappa shape index (κ1) is 16.5. The lowest BCUT2D eigenvalue weighted by atomic mass is 9.90. The van der Waals surface area contributed by atoms with Crippen molar-refractivity contribution < 1.29 is 4.79 Å². The van der Waals surface area contributed by atoms with Crippen molar-refractivity contribution in [2.24, 2.45) is 5.73 Å². The standard InChI is InChI=1S/C17H25BrN2O/c1-3-11-20(14-9-7-13(19)8-10-14)17(21)15-5-4-6-16(18)12(15)2/h4-6,13-14H,3,7-11,19H2,1-2H3. The Hall–Kier alpha value is -0.870. The Kier molecular flexibility index (Phi) is 5.82. The fraction of sp³-hybridized carbons (Fsp3) is 0.588. The molecule has 0 unspecified atom stereocenters. The summed E-state index contributed by atoms with van der Waals surface area (Å²) in [7, 11) is 0. The van der Waals surface area contributed by atoms with Crippen LogP contribution in [-0.2, 0) is 0 Å². The summed E-state index contributed by atoms with van der Waals surface area (Å²) in [6, 6.07) is 6.50. The number of benzene rings is 1. The fourth-order valence-corrected chi connectivity index (χ4v) is 3.46. The Morgan fingerprint density at radius 1 is 1.33 bits per heavy atom. The molecule has 1 aliphatic rings. The minimum Gasteiger partial charge on any atom is -0.336 e. The molecule has 0 aliphatic heterocycles. The quantitative estimate of drug-likeness (QED) is 0.893. The first-order chi connectivity index (χ1) is 10.0. The van der Waals surface area contributed by atoms with E-state index >= 15 is 0 Å².